The lowest BCUT2D eigenvalue weighted by atomic mass is 10.1. The molecule has 0 N–H and O–H groups in total. The Balaban J connectivity index is 2.12. The molecule has 1 rings (SSSR count). The molecule has 0 amide bonds. The van der Waals surface area contributed by atoms with Crippen molar-refractivity contribution in [3.8, 4) is 0 Å². The summed E-state index contributed by atoms with van der Waals surface area (Å²) >= 11 is 0. The molecule has 1 aromatic rings. The Morgan fingerprint density at radius 3 is 2.73 bits per heavy atom. The van der Waals surface area contributed by atoms with Crippen molar-refractivity contribution >= 4 is 6.29 Å². The van der Waals surface area contributed by atoms with Gasteiger partial charge in [0.1, 0.15) is 0 Å². The van der Waals surface area contributed by atoms with Crippen LogP contribution >= 0.6 is 0 Å². The van der Waals surface area contributed by atoms with Gasteiger partial charge in [-0.15, -0.1) is 0 Å². The van der Waals surface area contributed by atoms with Gasteiger partial charge in [-0.05, 0) is 6.42 Å². The summed E-state index contributed by atoms with van der Waals surface area (Å²) in [4.78, 5) is 14.5. The minimum absolute atomic E-state index is 0.545. The second-order valence-corrected chi connectivity index (χ2v) is 3.86. The molecule has 3 heteroatoms. The molecule has 0 unspecified atom stereocenters. The Morgan fingerprint density at radius 2 is 2.00 bits per heavy atom. The summed E-state index contributed by atoms with van der Waals surface area (Å²) in [5, 5.41) is 0. The molecule has 0 bridgehead atoms. The van der Waals surface area contributed by atoms with E-state index < -0.39 is 0 Å². The smallest absolute Gasteiger partial charge is 0.185 e. The topological polar surface area (TPSA) is 34.9 Å². The molecular formula is C12H20N2O. The highest BCUT2D eigenvalue weighted by atomic mass is 16.1. The van der Waals surface area contributed by atoms with E-state index >= 15 is 0 Å². The van der Waals surface area contributed by atoms with Crippen molar-refractivity contribution in [2.75, 3.05) is 0 Å². The van der Waals surface area contributed by atoms with Gasteiger partial charge in [0.2, 0.25) is 0 Å². The summed E-state index contributed by atoms with van der Waals surface area (Å²) in [7, 11) is 0. The minimum atomic E-state index is 0.545. The van der Waals surface area contributed by atoms with Crippen LogP contribution in [0.1, 0.15) is 56.1 Å². The van der Waals surface area contributed by atoms with Gasteiger partial charge in [0, 0.05) is 18.9 Å². The molecule has 84 valence electrons. The highest BCUT2D eigenvalue weighted by Crippen LogP contribution is 2.06. The van der Waals surface area contributed by atoms with E-state index in [1.54, 1.807) is 6.20 Å². The maximum Gasteiger partial charge on any atom is 0.185 e. The first-order chi connectivity index (χ1) is 7.38. The Morgan fingerprint density at radius 1 is 1.27 bits per heavy atom. The van der Waals surface area contributed by atoms with Crippen LogP contribution in [0.2, 0.25) is 0 Å². The number of nitrogens with zero attached hydrogens (tertiary/aromatic N) is 2. The molecule has 0 saturated carbocycles. The summed E-state index contributed by atoms with van der Waals surface area (Å²) in [6.07, 6.45) is 12.0. The molecule has 15 heavy (non-hydrogen) atoms. The van der Waals surface area contributed by atoms with E-state index in [-0.39, 0.29) is 0 Å². The van der Waals surface area contributed by atoms with E-state index in [2.05, 4.69) is 11.9 Å². The number of hydrogen-bond acceptors (Lipinski definition) is 2. The number of aryl methyl sites for hydroxylation is 1. The van der Waals surface area contributed by atoms with Gasteiger partial charge < -0.3 is 4.57 Å². The summed E-state index contributed by atoms with van der Waals surface area (Å²) in [6.45, 7) is 3.14. The SMILES string of the molecule is CCCCCCCCn1ccnc1C=O. The maximum atomic E-state index is 10.6. The zero-order valence-corrected chi connectivity index (χ0v) is 9.48. The largest absolute Gasteiger partial charge is 0.329 e. The Bertz CT molecular complexity index is 281. The molecule has 0 spiro atoms. The van der Waals surface area contributed by atoms with Crippen LogP contribution in [-0.4, -0.2) is 15.8 Å². The summed E-state index contributed by atoms with van der Waals surface area (Å²) in [5.74, 6) is 0.545. The third-order valence-electron chi connectivity index (χ3n) is 2.61. The van der Waals surface area contributed by atoms with Crippen LogP contribution in [0.25, 0.3) is 0 Å². The van der Waals surface area contributed by atoms with Gasteiger partial charge in [0.25, 0.3) is 0 Å². The van der Waals surface area contributed by atoms with Gasteiger partial charge in [-0.1, -0.05) is 39.0 Å². The van der Waals surface area contributed by atoms with Crippen molar-refractivity contribution in [1.29, 1.82) is 0 Å². The normalized spacial score (nSPS) is 10.5. The van der Waals surface area contributed by atoms with Gasteiger partial charge in [-0.3, -0.25) is 4.79 Å². The van der Waals surface area contributed by atoms with Gasteiger partial charge in [0.05, 0.1) is 0 Å². The number of aldehydes is 1. The number of hydrogen-bond donors (Lipinski definition) is 0. The van der Waals surface area contributed by atoms with E-state index in [0.29, 0.717) is 5.82 Å². The molecule has 0 aliphatic carbocycles. The lowest BCUT2D eigenvalue weighted by molar-refractivity contribution is 0.111. The number of imidazole rings is 1. The van der Waals surface area contributed by atoms with E-state index in [1.165, 1.54) is 32.1 Å². The van der Waals surface area contributed by atoms with Crippen molar-refractivity contribution in [1.82, 2.24) is 9.55 Å². The van der Waals surface area contributed by atoms with E-state index in [4.69, 9.17) is 0 Å². The van der Waals surface area contributed by atoms with Crippen molar-refractivity contribution in [3.63, 3.8) is 0 Å². The van der Waals surface area contributed by atoms with Crippen LogP contribution in [0, 0.1) is 0 Å². The Labute approximate surface area is 91.5 Å². The fourth-order valence-corrected chi connectivity index (χ4v) is 1.69. The number of carbonyl (C=O) groups excluding carboxylic acids is 1. The van der Waals surface area contributed by atoms with Crippen LogP contribution in [0.3, 0.4) is 0 Å². The monoisotopic (exact) mass is 208 g/mol. The van der Waals surface area contributed by atoms with Gasteiger partial charge in [-0.25, -0.2) is 4.98 Å². The lowest BCUT2D eigenvalue weighted by Crippen LogP contribution is -2.01. The first-order valence-electron chi connectivity index (χ1n) is 5.84. The zero-order valence-electron chi connectivity index (χ0n) is 9.48. The fraction of sp³-hybridized carbons (Fsp3) is 0.667. The summed E-state index contributed by atoms with van der Waals surface area (Å²) in [5.41, 5.74) is 0. The average Bonchev–Trinajstić information content (AvgIpc) is 2.70. The molecule has 1 heterocycles. The molecule has 0 saturated heterocycles. The van der Waals surface area contributed by atoms with Crippen molar-refractivity contribution in [3.05, 3.63) is 18.2 Å². The third-order valence-corrected chi connectivity index (χ3v) is 2.61. The first-order valence-corrected chi connectivity index (χ1v) is 5.84. The second-order valence-electron chi connectivity index (χ2n) is 3.86. The molecule has 0 fully saturated rings. The molecule has 0 radical (unpaired) electrons. The highest BCUT2D eigenvalue weighted by molar-refractivity contribution is 5.69. The quantitative estimate of drug-likeness (QED) is 0.486. The first kappa shape index (κ1) is 12.0. The Kier molecular flexibility index (Phi) is 5.74. The van der Waals surface area contributed by atoms with Crippen LogP contribution in [0.5, 0.6) is 0 Å². The van der Waals surface area contributed by atoms with E-state index in [0.717, 1.165) is 19.3 Å². The van der Waals surface area contributed by atoms with Crippen LogP contribution in [-0.2, 0) is 6.54 Å². The number of rotatable bonds is 8. The summed E-state index contributed by atoms with van der Waals surface area (Å²) in [6, 6.07) is 0. The lowest BCUT2D eigenvalue weighted by Gasteiger charge is -2.03. The second kappa shape index (κ2) is 7.21. The van der Waals surface area contributed by atoms with Gasteiger partial charge in [-0.2, -0.15) is 0 Å². The van der Waals surface area contributed by atoms with Crippen LogP contribution < -0.4 is 0 Å². The molecular weight excluding hydrogens is 188 g/mol. The Hall–Kier alpha value is -1.12. The molecule has 0 aromatic carbocycles. The standard InChI is InChI=1S/C12H20N2O/c1-2-3-4-5-6-7-9-14-10-8-13-12(14)11-15/h8,10-11H,2-7,9H2,1H3. The predicted molar refractivity (Wildman–Crippen MR) is 61.0 cm³/mol. The predicted octanol–water partition coefficient (Wildman–Crippen LogP) is 3.06. The fourth-order valence-electron chi connectivity index (χ4n) is 1.69. The molecule has 0 aliphatic heterocycles. The molecule has 1 aromatic heterocycles. The van der Waals surface area contributed by atoms with E-state index in [1.807, 2.05) is 10.8 Å². The van der Waals surface area contributed by atoms with Gasteiger partial charge >= 0.3 is 0 Å². The van der Waals surface area contributed by atoms with Crippen molar-refractivity contribution in [2.24, 2.45) is 0 Å². The average molecular weight is 208 g/mol. The van der Waals surface area contributed by atoms with Gasteiger partial charge in [0.15, 0.2) is 12.1 Å². The van der Waals surface area contributed by atoms with E-state index in [9.17, 15) is 4.79 Å². The number of carbonyl (C=O) groups is 1. The summed E-state index contributed by atoms with van der Waals surface area (Å²) < 4.78 is 1.92. The molecule has 0 aliphatic rings. The highest BCUT2D eigenvalue weighted by Gasteiger charge is 1.99. The van der Waals surface area contributed by atoms with Crippen molar-refractivity contribution < 1.29 is 4.79 Å². The molecule has 3 nitrogen and oxygen atoms in total. The van der Waals surface area contributed by atoms with Crippen molar-refractivity contribution in [2.45, 2.75) is 52.0 Å². The number of unbranched alkanes of at least 4 members (excludes halogenated alkanes) is 5. The maximum absolute atomic E-state index is 10.6. The van der Waals surface area contributed by atoms with Crippen LogP contribution in [0.15, 0.2) is 12.4 Å². The molecule has 0 atom stereocenters. The van der Waals surface area contributed by atoms with Crippen LogP contribution in [0.4, 0.5) is 0 Å². The minimum Gasteiger partial charge on any atom is -0.329 e. The third kappa shape index (κ3) is 4.28. The zero-order chi connectivity index (χ0) is 10.9. The number of aromatic nitrogens is 2.